The van der Waals surface area contributed by atoms with Crippen LogP contribution in [0.25, 0.3) is 10.9 Å². The van der Waals surface area contributed by atoms with Crippen molar-refractivity contribution in [1.82, 2.24) is 10.3 Å². The summed E-state index contributed by atoms with van der Waals surface area (Å²) >= 11 is 0. The van der Waals surface area contributed by atoms with Crippen LogP contribution in [-0.4, -0.2) is 54.4 Å². The first-order valence-corrected chi connectivity index (χ1v) is 10.8. The van der Waals surface area contributed by atoms with Crippen molar-refractivity contribution < 1.29 is 24.2 Å². The standard InChI is InChI=1S/C21H31N3O3.C2H4O2/c1-3-10-27-20-7-4-14(11-18(20)22)21(25)23-9-8-15-13-24-19-6-5-16(26-2)12-17(15)19;1-2(3)4/h5-6,12-14,18,20,24H,3-4,7-11,22H2,1-2H3,(H,23,25);1H3,(H,3,4)/t14-,18+,20+;/m0./s1. The Hall–Kier alpha value is -2.58. The molecule has 1 amide bonds. The van der Waals surface area contributed by atoms with E-state index in [-0.39, 0.29) is 24.0 Å². The van der Waals surface area contributed by atoms with E-state index in [2.05, 4.69) is 17.2 Å². The van der Waals surface area contributed by atoms with Crippen molar-refractivity contribution in [2.24, 2.45) is 11.7 Å². The molecule has 0 unspecified atom stereocenters. The van der Waals surface area contributed by atoms with Gasteiger partial charge in [0.1, 0.15) is 5.75 Å². The molecule has 3 atom stereocenters. The number of hydrogen-bond acceptors (Lipinski definition) is 5. The molecule has 3 rings (SSSR count). The highest BCUT2D eigenvalue weighted by Crippen LogP contribution is 2.26. The van der Waals surface area contributed by atoms with E-state index in [9.17, 15) is 4.79 Å². The molecule has 0 radical (unpaired) electrons. The van der Waals surface area contributed by atoms with Crippen LogP contribution in [0.1, 0.15) is 45.1 Å². The molecule has 0 bridgehead atoms. The molecule has 1 aliphatic carbocycles. The predicted octanol–water partition coefficient (Wildman–Crippen LogP) is 2.85. The molecular weight excluding hydrogens is 398 g/mol. The second kappa shape index (κ2) is 12.3. The number of amides is 1. The fraction of sp³-hybridized carbons (Fsp3) is 0.565. The van der Waals surface area contributed by atoms with E-state index in [1.807, 2.05) is 24.4 Å². The van der Waals surface area contributed by atoms with Crippen LogP contribution in [0.2, 0.25) is 0 Å². The maximum atomic E-state index is 12.5. The molecule has 1 aliphatic rings. The van der Waals surface area contributed by atoms with Crippen LogP contribution >= 0.6 is 0 Å². The lowest BCUT2D eigenvalue weighted by molar-refractivity contribution is -0.134. The number of carbonyl (C=O) groups is 2. The number of carbonyl (C=O) groups excluding carboxylic acids is 1. The number of fused-ring (bicyclic) bond motifs is 1. The third-order valence-corrected chi connectivity index (χ3v) is 5.41. The fourth-order valence-electron chi connectivity index (χ4n) is 3.85. The number of aromatic amines is 1. The van der Waals surface area contributed by atoms with Crippen LogP contribution in [0.15, 0.2) is 24.4 Å². The SMILES string of the molecule is CC(=O)O.CCCO[C@@H]1CC[C@H](C(=O)NCCc2c[nH]c3ccc(OC)cc23)C[C@H]1N. The van der Waals surface area contributed by atoms with E-state index in [0.717, 1.165) is 55.9 Å². The number of nitrogens with two attached hydrogens (primary N) is 1. The van der Waals surface area contributed by atoms with E-state index < -0.39 is 5.97 Å². The normalized spacial score (nSPS) is 20.6. The van der Waals surface area contributed by atoms with Gasteiger partial charge in [-0.15, -0.1) is 0 Å². The van der Waals surface area contributed by atoms with E-state index in [1.165, 1.54) is 5.56 Å². The minimum atomic E-state index is -0.833. The number of carboxylic acids is 1. The molecule has 1 heterocycles. The lowest BCUT2D eigenvalue weighted by Gasteiger charge is -2.33. The maximum absolute atomic E-state index is 12.5. The zero-order valence-corrected chi connectivity index (χ0v) is 18.6. The number of benzene rings is 1. The van der Waals surface area contributed by atoms with Crippen molar-refractivity contribution in [1.29, 1.82) is 0 Å². The summed E-state index contributed by atoms with van der Waals surface area (Å²) in [6.45, 7) is 4.53. The average Bonchev–Trinajstić information content (AvgIpc) is 3.14. The molecule has 2 aromatic rings. The molecular formula is C23H35N3O5. The highest BCUT2D eigenvalue weighted by molar-refractivity contribution is 5.85. The van der Waals surface area contributed by atoms with Gasteiger partial charge in [-0.25, -0.2) is 0 Å². The Morgan fingerprint density at radius 1 is 1.32 bits per heavy atom. The first-order valence-electron chi connectivity index (χ1n) is 10.8. The number of rotatable bonds is 8. The van der Waals surface area contributed by atoms with Gasteiger partial charge in [-0.05, 0) is 55.9 Å². The van der Waals surface area contributed by atoms with Gasteiger partial charge in [-0.2, -0.15) is 0 Å². The number of H-pyrrole nitrogens is 1. The second-order valence-corrected chi connectivity index (χ2v) is 7.87. The molecule has 0 aliphatic heterocycles. The number of ether oxygens (including phenoxy) is 2. The zero-order chi connectivity index (χ0) is 22.8. The third-order valence-electron chi connectivity index (χ3n) is 5.41. The van der Waals surface area contributed by atoms with Gasteiger partial charge in [0.25, 0.3) is 5.97 Å². The summed E-state index contributed by atoms with van der Waals surface area (Å²) in [4.78, 5) is 24.8. The van der Waals surface area contributed by atoms with Crippen LogP contribution in [0.3, 0.4) is 0 Å². The number of carboxylic acid groups (broad SMARTS) is 1. The minimum Gasteiger partial charge on any atom is -0.497 e. The zero-order valence-electron chi connectivity index (χ0n) is 18.6. The van der Waals surface area contributed by atoms with Gasteiger partial charge in [-0.1, -0.05) is 6.92 Å². The van der Waals surface area contributed by atoms with Gasteiger partial charge in [-0.3, -0.25) is 9.59 Å². The van der Waals surface area contributed by atoms with Crippen LogP contribution in [0.4, 0.5) is 0 Å². The first-order chi connectivity index (χ1) is 14.8. The van der Waals surface area contributed by atoms with Crippen LogP contribution in [-0.2, 0) is 20.7 Å². The van der Waals surface area contributed by atoms with Crippen molar-refractivity contribution in [3.8, 4) is 5.75 Å². The molecule has 8 nitrogen and oxygen atoms in total. The first kappa shape index (κ1) is 24.7. The molecule has 0 spiro atoms. The number of hydrogen-bond donors (Lipinski definition) is 4. The molecule has 8 heteroatoms. The summed E-state index contributed by atoms with van der Waals surface area (Å²) < 4.78 is 11.1. The van der Waals surface area contributed by atoms with Crippen LogP contribution in [0, 0.1) is 5.92 Å². The lowest BCUT2D eigenvalue weighted by atomic mass is 9.83. The molecule has 0 saturated heterocycles. The van der Waals surface area contributed by atoms with Gasteiger partial charge >= 0.3 is 0 Å². The van der Waals surface area contributed by atoms with Crippen LogP contribution in [0.5, 0.6) is 5.75 Å². The molecule has 172 valence electrons. The van der Waals surface area contributed by atoms with Crippen molar-refractivity contribution in [2.45, 2.75) is 58.1 Å². The molecule has 31 heavy (non-hydrogen) atoms. The smallest absolute Gasteiger partial charge is 0.300 e. The van der Waals surface area contributed by atoms with E-state index >= 15 is 0 Å². The molecule has 1 aromatic carbocycles. The summed E-state index contributed by atoms with van der Waals surface area (Å²) in [5.41, 5.74) is 8.48. The molecule has 1 aromatic heterocycles. The minimum absolute atomic E-state index is 0.00969. The van der Waals surface area contributed by atoms with Gasteiger partial charge in [0.15, 0.2) is 0 Å². The Morgan fingerprint density at radius 2 is 2.06 bits per heavy atom. The third kappa shape index (κ3) is 7.56. The van der Waals surface area contributed by atoms with E-state index in [4.69, 9.17) is 25.1 Å². The maximum Gasteiger partial charge on any atom is 0.300 e. The summed E-state index contributed by atoms with van der Waals surface area (Å²) in [6, 6.07) is 5.92. The molecule has 1 saturated carbocycles. The Balaban J connectivity index is 0.000000785. The van der Waals surface area contributed by atoms with Crippen LogP contribution < -0.4 is 15.8 Å². The number of methoxy groups -OCH3 is 1. The Morgan fingerprint density at radius 3 is 2.71 bits per heavy atom. The quantitative estimate of drug-likeness (QED) is 0.507. The molecule has 5 N–H and O–H groups in total. The number of aromatic nitrogens is 1. The highest BCUT2D eigenvalue weighted by atomic mass is 16.5. The number of nitrogens with one attached hydrogen (secondary N) is 2. The van der Waals surface area contributed by atoms with Crippen molar-refractivity contribution >= 4 is 22.8 Å². The summed E-state index contributed by atoms with van der Waals surface area (Å²) in [5, 5.41) is 11.6. The monoisotopic (exact) mass is 433 g/mol. The predicted molar refractivity (Wildman–Crippen MR) is 120 cm³/mol. The summed E-state index contributed by atoms with van der Waals surface area (Å²) in [6.07, 6.45) is 6.27. The molecule has 1 fully saturated rings. The Bertz CT molecular complexity index is 847. The number of aliphatic carboxylic acids is 1. The summed E-state index contributed by atoms with van der Waals surface area (Å²) in [7, 11) is 1.67. The Labute approximate surface area is 183 Å². The Kier molecular flexibility index (Phi) is 9.81. The van der Waals surface area contributed by atoms with Crippen molar-refractivity contribution in [3.63, 3.8) is 0 Å². The van der Waals surface area contributed by atoms with E-state index in [1.54, 1.807) is 7.11 Å². The van der Waals surface area contributed by atoms with Gasteiger partial charge in [0.05, 0.1) is 13.2 Å². The topological polar surface area (TPSA) is 127 Å². The average molecular weight is 434 g/mol. The highest BCUT2D eigenvalue weighted by Gasteiger charge is 2.32. The van der Waals surface area contributed by atoms with Crippen molar-refractivity contribution in [2.75, 3.05) is 20.3 Å². The second-order valence-electron chi connectivity index (χ2n) is 7.87. The largest absolute Gasteiger partial charge is 0.497 e. The van der Waals surface area contributed by atoms with Gasteiger partial charge in [0.2, 0.25) is 5.91 Å². The van der Waals surface area contributed by atoms with Gasteiger partial charge in [0, 0.05) is 49.1 Å². The fourth-order valence-corrected chi connectivity index (χ4v) is 3.85. The van der Waals surface area contributed by atoms with Crippen molar-refractivity contribution in [3.05, 3.63) is 30.0 Å². The lowest BCUT2D eigenvalue weighted by Crippen LogP contribution is -2.46. The van der Waals surface area contributed by atoms with Gasteiger partial charge < -0.3 is 30.6 Å². The van der Waals surface area contributed by atoms with E-state index in [0.29, 0.717) is 13.0 Å². The summed E-state index contributed by atoms with van der Waals surface area (Å²) in [5.74, 6) is 0.102.